The van der Waals surface area contributed by atoms with Crippen LogP contribution in [-0.2, 0) is 4.79 Å². The van der Waals surface area contributed by atoms with Crippen LogP contribution in [0.25, 0.3) is 0 Å². The first-order chi connectivity index (χ1) is 10.2. The first kappa shape index (κ1) is 14.4. The van der Waals surface area contributed by atoms with Gasteiger partial charge in [0.2, 0.25) is 5.91 Å². The van der Waals surface area contributed by atoms with Gasteiger partial charge >= 0.3 is 0 Å². The predicted molar refractivity (Wildman–Crippen MR) is 82.3 cm³/mol. The Hall–Kier alpha value is -1.55. The summed E-state index contributed by atoms with van der Waals surface area (Å²) in [5.41, 5.74) is 1.20. The van der Waals surface area contributed by atoms with E-state index in [1.807, 2.05) is 17.0 Å². The van der Waals surface area contributed by atoms with Crippen LogP contribution in [0.4, 0.5) is 0 Å². The summed E-state index contributed by atoms with van der Waals surface area (Å²) in [7, 11) is 1.72. The molecule has 1 unspecified atom stereocenters. The summed E-state index contributed by atoms with van der Waals surface area (Å²) in [6.45, 7) is 5.37. The fourth-order valence-electron chi connectivity index (χ4n) is 3.19. The van der Waals surface area contributed by atoms with Crippen LogP contribution in [-0.4, -0.2) is 49.0 Å². The highest BCUT2D eigenvalue weighted by Crippen LogP contribution is 2.36. The Morgan fingerprint density at radius 2 is 2.05 bits per heavy atom. The molecule has 1 heterocycles. The Morgan fingerprint density at radius 3 is 2.71 bits per heavy atom. The van der Waals surface area contributed by atoms with E-state index < -0.39 is 0 Å². The Bertz CT molecular complexity index is 513. The number of hydrogen-bond donors (Lipinski definition) is 0. The summed E-state index contributed by atoms with van der Waals surface area (Å²) in [5, 5.41) is 0. The maximum absolute atomic E-state index is 11.7. The number of amides is 1. The summed E-state index contributed by atoms with van der Waals surface area (Å²) < 4.78 is 5.53. The van der Waals surface area contributed by atoms with Crippen LogP contribution < -0.4 is 4.74 Å². The van der Waals surface area contributed by atoms with Crippen molar-refractivity contribution in [2.75, 3.05) is 33.3 Å². The largest absolute Gasteiger partial charge is 0.496 e. The SMILES string of the molecule is COc1ccccc1C1CN(C(C)=O)CCN1CC1CC1. The monoisotopic (exact) mass is 288 g/mol. The zero-order valence-electron chi connectivity index (χ0n) is 12.9. The molecule has 1 saturated carbocycles. The number of methoxy groups -OCH3 is 1. The van der Waals surface area contributed by atoms with Crippen molar-refractivity contribution in [1.29, 1.82) is 0 Å². The molecular weight excluding hydrogens is 264 g/mol. The highest BCUT2D eigenvalue weighted by Gasteiger charge is 2.34. The summed E-state index contributed by atoms with van der Waals surface area (Å²) in [6, 6.07) is 8.45. The quantitative estimate of drug-likeness (QED) is 0.852. The number of nitrogens with zero attached hydrogens (tertiary/aromatic N) is 2. The van der Waals surface area contributed by atoms with Crippen molar-refractivity contribution in [3.8, 4) is 5.75 Å². The van der Waals surface area contributed by atoms with Gasteiger partial charge in [-0.15, -0.1) is 0 Å². The number of piperazine rings is 1. The maximum atomic E-state index is 11.7. The van der Waals surface area contributed by atoms with E-state index in [0.717, 1.165) is 37.8 Å². The normalized spacial score (nSPS) is 23.1. The zero-order valence-corrected chi connectivity index (χ0v) is 12.9. The van der Waals surface area contributed by atoms with Crippen molar-refractivity contribution in [2.24, 2.45) is 5.92 Å². The molecule has 3 rings (SSSR count). The Kier molecular flexibility index (Phi) is 4.15. The van der Waals surface area contributed by atoms with Crippen LogP contribution in [0, 0.1) is 5.92 Å². The van der Waals surface area contributed by atoms with Gasteiger partial charge in [-0.3, -0.25) is 9.69 Å². The molecule has 0 spiro atoms. The van der Waals surface area contributed by atoms with E-state index in [0.29, 0.717) is 0 Å². The third kappa shape index (κ3) is 3.21. The van der Waals surface area contributed by atoms with Gasteiger partial charge in [0.1, 0.15) is 5.75 Å². The number of carbonyl (C=O) groups is 1. The van der Waals surface area contributed by atoms with E-state index in [2.05, 4.69) is 17.0 Å². The van der Waals surface area contributed by atoms with E-state index in [4.69, 9.17) is 4.74 Å². The second-order valence-electron chi connectivity index (χ2n) is 6.16. The minimum absolute atomic E-state index is 0.168. The highest BCUT2D eigenvalue weighted by atomic mass is 16.5. The summed E-state index contributed by atoms with van der Waals surface area (Å²) in [5.74, 6) is 1.95. The molecule has 0 N–H and O–H groups in total. The molecule has 4 heteroatoms. The number of hydrogen-bond acceptors (Lipinski definition) is 3. The highest BCUT2D eigenvalue weighted by molar-refractivity contribution is 5.73. The molecule has 1 saturated heterocycles. The molecular formula is C17H24N2O2. The van der Waals surface area contributed by atoms with Gasteiger partial charge in [0, 0.05) is 38.7 Å². The minimum Gasteiger partial charge on any atom is -0.496 e. The van der Waals surface area contributed by atoms with Gasteiger partial charge in [-0.1, -0.05) is 18.2 Å². The number of para-hydroxylation sites is 1. The molecule has 1 aliphatic heterocycles. The Labute approximate surface area is 126 Å². The number of rotatable bonds is 4. The lowest BCUT2D eigenvalue weighted by molar-refractivity contribution is -0.132. The molecule has 2 aliphatic rings. The lowest BCUT2D eigenvalue weighted by atomic mass is 10.0. The van der Waals surface area contributed by atoms with E-state index in [1.165, 1.54) is 18.4 Å². The van der Waals surface area contributed by atoms with Crippen molar-refractivity contribution in [1.82, 2.24) is 9.80 Å². The molecule has 1 atom stereocenters. The average Bonchev–Trinajstić information content (AvgIpc) is 3.31. The van der Waals surface area contributed by atoms with Gasteiger partial charge in [0.15, 0.2) is 0 Å². The molecule has 21 heavy (non-hydrogen) atoms. The third-order valence-electron chi connectivity index (χ3n) is 4.62. The van der Waals surface area contributed by atoms with E-state index in [-0.39, 0.29) is 11.9 Å². The van der Waals surface area contributed by atoms with Gasteiger partial charge in [0.05, 0.1) is 13.2 Å². The average molecular weight is 288 g/mol. The molecule has 1 aliphatic carbocycles. The van der Waals surface area contributed by atoms with Gasteiger partial charge in [0.25, 0.3) is 0 Å². The third-order valence-corrected chi connectivity index (χ3v) is 4.62. The fraction of sp³-hybridized carbons (Fsp3) is 0.588. The number of benzene rings is 1. The molecule has 1 aromatic carbocycles. The van der Waals surface area contributed by atoms with Gasteiger partial charge in [-0.05, 0) is 24.8 Å². The molecule has 114 valence electrons. The molecule has 1 aromatic rings. The smallest absolute Gasteiger partial charge is 0.219 e. The van der Waals surface area contributed by atoms with E-state index in [9.17, 15) is 4.79 Å². The van der Waals surface area contributed by atoms with E-state index in [1.54, 1.807) is 14.0 Å². The molecule has 0 radical (unpaired) electrons. The van der Waals surface area contributed by atoms with Gasteiger partial charge in [-0.25, -0.2) is 0 Å². The van der Waals surface area contributed by atoms with Crippen LogP contribution in [0.3, 0.4) is 0 Å². The first-order valence-electron chi connectivity index (χ1n) is 7.81. The fourth-order valence-corrected chi connectivity index (χ4v) is 3.19. The molecule has 1 amide bonds. The van der Waals surface area contributed by atoms with Gasteiger partial charge in [-0.2, -0.15) is 0 Å². The standard InChI is InChI=1S/C17H24N2O2/c1-13(20)18-9-10-19(11-14-7-8-14)16(12-18)15-5-3-4-6-17(15)21-2/h3-6,14,16H,7-12H2,1-2H3. The Balaban J connectivity index is 1.85. The summed E-state index contributed by atoms with van der Waals surface area (Å²) in [6.07, 6.45) is 2.71. The van der Waals surface area contributed by atoms with Crippen molar-refractivity contribution in [3.05, 3.63) is 29.8 Å². The molecule has 4 nitrogen and oxygen atoms in total. The lowest BCUT2D eigenvalue weighted by Gasteiger charge is -2.42. The van der Waals surface area contributed by atoms with Crippen LogP contribution in [0.15, 0.2) is 24.3 Å². The van der Waals surface area contributed by atoms with Crippen LogP contribution in [0.5, 0.6) is 5.75 Å². The molecule has 0 bridgehead atoms. The van der Waals surface area contributed by atoms with Crippen LogP contribution in [0.2, 0.25) is 0 Å². The lowest BCUT2D eigenvalue weighted by Crippen LogP contribution is -2.50. The number of ether oxygens (including phenoxy) is 1. The van der Waals surface area contributed by atoms with Crippen molar-refractivity contribution in [3.63, 3.8) is 0 Å². The number of carbonyl (C=O) groups excluding carboxylic acids is 1. The van der Waals surface area contributed by atoms with Crippen LogP contribution in [0.1, 0.15) is 31.4 Å². The topological polar surface area (TPSA) is 32.8 Å². The van der Waals surface area contributed by atoms with Gasteiger partial charge < -0.3 is 9.64 Å². The van der Waals surface area contributed by atoms with E-state index >= 15 is 0 Å². The first-order valence-corrected chi connectivity index (χ1v) is 7.81. The van der Waals surface area contributed by atoms with Crippen molar-refractivity contribution in [2.45, 2.75) is 25.8 Å². The van der Waals surface area contributed by atoms with Crippen molar-refractivity contribution >= 4 is 5.91 Å². The summed E-state index contributed by atoms with van der Waals surface area (Å²) in [4.78, 5) is 16.2. The van der Waals surface area contributed by atoms with Crippen LogP contribution >= 0.6 is 0 Å². The maximum Gasteiger partial charge on any atom is 0.219 e. The molecule has 2 fully saturated rings. The Morgan fingerprint density at radius 1 is 1.29 bits per heavy atom. The summed E-state index contributed by atoms with van der Waals surface area (Å²) >= 11 is 0. The predicted octanol–water partition coefficient (Wildman–Crippen LogP) is 2.31. The second-order valence-corrected chi connectivity index (χ2v) is 6.16. The van der Waals surface area contributed by atoms with Crippen molar-refractivity contribution < 1.29 is 9.53 Å². The zero-order chi connectivity index (χ0) is 14.8. The minimum atomic E-state index is 0.168. The molecule has 0 aromatic heterocycles. The second kappa shape index (κ2) is 6.06.